The van der Waals surface area contributed by atoms with Gasteiger partial charge >= 0.3 is 0 Å². The Morgan fingerprint density at radius 1 is 1.28 bits per heavy atom. The van der Waals surface area contributed by atoms with E-state index in [1.807, 2.05) is 0 Å². The average molecular weight is 263 g/mol. The van der Waals surface area contributed by atoms with E-state index in [1.165, 1.54) is 0 Å². The number of benzene rings is 1. The van der Waals surface area contributed by atoms with Crippen LogP contribution in [0.5, 0.6) is 0 Å². The predicted molar refractivity (Wildman–Crippen MR) is 67.4 cm³/mol. The van der Waals surface area contributed by atoms with Gasteiger partial charge in [0.15, 0.2) is 14.9 Å². The minimum absolute atomic E-state index is 0.0255. The molecule has 1 aliphatic rings. The molecule has 0 spiro atoms. The van der Waals surface area contributed by atoms with Crippen LogP contribution in [0.25, 0.3) is 10.9 Å². The molecule has 1 aromatic heterocycles. The Bertz CT molecular complexity index is 849. The monoisotopic (exact) mass is 263 g/mol. The van der Waals surface area contributed by atoms with E-state index < -0.39 is 9.84 Å². The Kier molecular flexibility index (Phi) is 2.15. The van der Waals surface area contributed by atoms with Gasteiger partial charge in [0.05, 0.1) is 17.3 Å². The van der Waals surface area contributed by atoms with Gasteiger partial charge in [0.1, 0.15) is 5.82 Å². The molecule has 0 aliphatic carbocycles. The van der Waals surface area contributed by atoms with Crippen molar-refractivity contribution in [1.82, 2.24) is 9.66 Å². The quantitative estimate of drug-likeness (QED) is 0.678. The van der Waals surface area contributed by atoms with Crippen LogP contribution in [0.1, 0.15) is 5.82 Å². The molecule has 0 N–H and O–H groups in total. The van der Waals surface area contributed by atoms with Crippen molar-refractivity contribution in [1.29, 1.82) is 0 Å². The number of aromatic nitrogens is 2. The highest BCUT2D eigenvalue weighted by molar-refractivity contribution is 8.05. The lowest BCUT2D eigenvalue weighted by atomic mass is 10.2. The Hall–Kier alpha value is -2.02. The molecule has 18 heavy (non-hydrogen) atoms. The van der Waals surface area contributed by atoms with Gasteiger partial charge in [-0.3, -0.25) is 4.79 Å². The zero-order chi connectivity index (χ0) is 12.9. The molecule has 0 fully saturated rings. The van der Waals surface area contributed by atoms with Gasteiger partial charge in [-0.25, -0.2) is 13.4 Å². The Morgan fingerprint density at radius 3 is 2.72 bits per heavy atom. The summed E-state index contributed by atoms with van der Waals surface area (Å²) in [6.45, 7) is 0. The van der Waals surface area contributed by atoms with E-state index >= 15 is 0 Å². The molecule has 0 saturated carbocycles. The summed E-state index contributed by atoms with van der Waals surface area (Å²) in [4.78, 5) is 16.4. The number of nitrogens with zero attached hydrogens (tertiary/aromatic N) is 3. The third-order valence-corrected chi connectivity index (χ3v) is 3.85. The van der Waals surface area contributed by atoms with Gasteiger partial charge < -0.3 is 0 Å². The number of hydrogen-bond acceptors (Lipinski definition) is 5. The molecule has 0 bridgehead atoms. The lowest BCUT2D eigenvalue weighted by Crippen LogP contribution is -2.18. The van der Waals surface area contributed by atoms with Gasteiger partial charge in [0, 0.05) is 6.26 Å². The number of rotatable bonds is 0. The first kappa shape index (κ1) is 11.1. The molecule has 3 rings (SSSR count). The molecule has 0 radical (unpaired) electrons. The second-order valence-electron chi connectivity index (χ2n) is 4.10. The summed E-state index contributed by atoms with van der Waals surface area (Å²) in [5, 5.41) is 4.25. The summed E-state index contributed by atoms with van der Waals surface area (Å²) >= 11 is 0. The maximum Gasteiger partial charge on any atom is 0.282 e. The predicted octanol–water partition coefficient (Wildman–Crippen LogP) is 0.159. The summed E-state index contributed by atoms with van der Waals surface area (Å²) in [5.74, 6) is 0.360. The average Bonchev–Trinajstić information content (AvgIpc) is 2.73. The normalized spacial score (nSPS) is 14.6. The first-order valence-corrected chi connectivity index (χ1v) is 7.14. The SMILES string of the molecule is CS(=O)(=O)C1=Nn2c(nc3ccccc3c2=O)C1. The zero-order valence-electron chi connectivity index (χ0n) is 9.49. The molecule has 2 heterocycles. The van der Waals surface area contributed by atoms with Crippen molar-refractivity contribution in [2.24, 2.45) is 5.10 Å². The van der Waals surface area contributed by atoms with Crippen molar-refractivity contribution < 1.29 is 8.42 Å². The van der Waals surface area contributed by atoms with E-state index in [2.05, 4.69) is 10.1 Å². The van der Waals surface area contributed by atoms with Gasteiger partial charge in [-0.2, -0.15) is 9.78 Å². The van der Waals surface area contributed by atoms with E-state index in [4.69, 9.17) is 0 Å². The number of hydrogen-bond donors (Lipinski definition) is 0. The molecule has 2 aromatic rings. The van der Waals surface area contributed by atoms with Gasteiger partial charge in [0.25, 0.3) is 5.56 Å². The highest BCUT2D eigenvalue weighted by atomic mass is 32.2. The minimum atomic E-state index is -3.40. The highest BCUT2D eigenvalue weighted by Gasteiger charge is 2.25. The van der Waals surface area contributed by atoms with E-state index in [9.17, 15) is 13.2 Å². The fraction of sp³-hybridized carbons (Fsp3) is 0.182. The number of para-hydroxylation sites is 1. The second kappa shape index (κ2) is 3.49. The lowest BCUT2D eigenvalue weighted by molar-refractivity contribution is 0.612. The third-order valence-electron chi connectivity index (χ3n) is 2.77. The van der Waals surface area contributed by atoms with Crippen LogP contribution in [0.2, 0.25) is 0 Å². The van der Waals surface area contributed by atoms with E-state index in [1.54, 1.807) is 24.3 Å². The van der Waals surface area contributed by atoms with Crippen LogP contribution in [-0.2, 0) is 16.3 Å². The van der Waals surface area contributed by atoms with E-state index in [0.29, 0.717) is 16.7 Å². The fourth-order valence-electron chi connectivity index (χ4n) is 1.87. The Morgan fingerprint density at radius 2 is 2.00 bits per heavy atom. The van der Waals surface area contributed by atoms with Crippen molar-refractivity contribution >= 4 is 25.8 Å². The van der Waals surface area contributed by atoms with Gasteiger partial charge in [0.2, 0.25) is 0 Å². The number of sulfone groups is 1. The standard InChI is InChI=1S/C11H9N3O3S/c1-18(16,17)10-6-9-12-8-5-3-2-4-7(8)11(15)14(9)13-10/h2-5H,6H2,1H3. The summed E-state index contributed by atoms with van der Waals surface area (Å²) in [6.07, 6.45) is 1.14. The van der Waals surface area contributed by atoms with Crippen LogP contribution in [0.4, 0.5) is 0 Å². The first-order chi connectivity index (χ1) is 8.47. The molecule has 0 amide bonds. The molecule has 92 valence electrons. The third kappa shape index (κ3) is 1.55. The van der Waals surface area contributed by atoms with E-state index in [-0.39, 0.29) is 17.0 Å². The first-order valence-electron chi connectivity index (χ1n) is 5.25. The maximum absolute atomic E-state index is 12.1. The summed E-state index contributed by atoms with van der Waals surface area (Å²) in [5.41, 5.74) is 0.216. The van der Waals surface area contributed by atoms with E-state index in [0.717, 1.165) is 10.9 Å². The van der Waals surface area contributed by atoms with Gasteiger partial charge in [-0.1, -0.05) is 12.1 Å². The van der Waals surface area contributed by atoms with Crippen molar-refractivity contribution in [3.63, 3.8) is 0 Å². The molecular formula is C11H9N3O3S. The van der Waals surface area contributed by atoms with Crippen LogP contribution in [-0.4, -0.2) is 29.4 Å². The van der Waals surface area contributed by atoms with Crippen molar-refractivity contribution in [3.05, 3.63) is 40.4 Å². The number of fused-ring (bicyclic) bond motifs is 2. The van der Waals surface area contributed by atoms with Crippen LogP contribution >= 0.6 is 0 Å². The molecule has 0 saturated heterocycles. The smallest absolute Gasteiger partial charge is 0.267 e. The lowest BCUT2D eigenvalue weighted by Gasteiger charge is -2.01. The molecule has 6 nitrogen and oxygen atoms in total. The molecule has 1 aromatic carbocycles. The van der Waals surface area contributed by atoms with Crippen LogP contribution in [0.3, 0.4) is 0 Å². The Labute approximate surface area is 103 Å². The zero-order valence-corrected chi connectivity index (χ0v) is 10.3. The molecular weight excluding hydrogens is 254 g/mol. The summed E-state index contributed by atoms with van der Waals surface area (Å²) < 4.78 is 23.9. The molecule has 7 heteroatoms. The highest BCUT2D eigenvalue weighted by Crippen LogP contribution is 2.14. The maximum atomic E-state index is 12.1. The minimum Gasteiger partial charge on any atom is -0.267 e. The van der Waals surface area contributed by atoms with Crippen LogP contribution in [0.15, 0.2) is 34.2 Å². The van der Waals surface area contributed by atoms with Crippen molar-refractivity contribution in [2.45, 2.75) is 6.42 Å². The second-order valence-corrected chi connectivity index (χ2v) is 6.12. The van der Waals surface area contributed by atoms with Gasteiger partial charge in [-0.05, 0) is 12.1 Å². The molecule has 0 unspecified atom stereocenters. The summed E-state index contributed by atoms with van der Waals surface area (Å²) in [7, 11) is -3.40. The Balaban J connectivity index is 2.33. The molecule has 0 atom stereocenters. The fourth-order valence-corrected chi connectivity index (χ4v) is 2.50. The largest absolute Gasteiger partial charge is 0.282 e. The van der Waals surface area contributed by atoms with Crippen molar-refractivity contribution in [3.8, 4) is 0 Å². The topological polar surface area (TPSA) is 81.4 Å². The molecule has 1 aliphatic heterocycles. The summed E-state index contributed by atoms with van der Waals surface area (Å²) in [6, 6.07) is 6.87. The van der Waals surface area contributed by atoms with Crippen molar-refractivity contribution in [2.75, 3.05) is 6.26 Å². The van der Waals surface area contributed by atoms with Crippen LogP contribution in [0, 0.1) is 0 Å². The van der Waals surface area contributed by atoms with Crippen LogP contribution < -0.4 is 5.56 Å². The van der Waals surface area contributed by atoms with Gasteiger partial charge in [-0.15, -0.1) is 0 Å².